The van der Waals surface area contributed by atoms with Crippen LogP contribution in [0.5, 0.6) is 23.0 Å². The van der Waals surface area contributed by atoms with Gasteiger partial charge < -0.3 is 28.7 Å². The summed E-state index contributed by atoms with van der Waals surface area (Å²) in [4.78, 5) is 4.75. The van der Waals surface area contributed by atoms with E-state index in [1.54, 1.807) is 0 Å². The Morgan fingerprint density at radius 1 is 0.423 bits per heavy atom. The van der Waals surface area contributed by atoms with Crippen molar-refractivity contribution in [2.45, 2.75) is 6.92 Å². The van der Waals surface area contributed by atoms with Gasteiger partial charge in [0.15, 0.2) is 23.0 Å². The van der Waals surface area contributed by atoms with E-state index in [-0.39, 0.29) is 20.3 Å². The lowest BCUT2D eigenvalue weighted by molar-refractivity contribution is 0.174. The van der Waals surface area contributed by atoms with Gasteiger partial charge in [-0.3, -0.25) is 0 Å². The number of anilines is 6. The van der Waals surface area contributed by atoms with Crippen LogP contribution >= 0.6 is 0 Å². The maximum atomic E-state index is 6.19. The van der Waals surface area contributed by atoms with Crippen molar-refractivity contribution in [2.24, 2.45) is 0 Å². The van der Waals surface area contributed by atoms with Gasteiger partial charge in [0.1, 0.15) is 0 Å². The van der Waals surface area contributed by atoms with Gasteiger partial charge in [-0.1, -0.05) is 97.1 Å². The fourth-order valence-corrected chi connectivity index (χ4v) is 8.46. The standard InChI is InChI=1S/C45H31BN2O4/c1-28-22-39-43-40(23-28)48(38-15-9-17-42-45(38)52-27-50-42)36-21-19-32(30-12-6-3-7-13-30)25-34(36)46(43)33-24-31(29-10-4-2-5-11-29)18-20-35(33)47(39)37-14-8-16-41-44(37)51-26-49-41/h2-25H,26-27H2,1H3. The summed E-state index contributed by atoms with van der Waals surface area (Å²) in [7, 11) is 0. The van der Waals surface area contributed by atoms with Crippen LogP contribution in [-0.4, -0.2) is 20.3 Å². The van der Waals surface area contributed by atoms with Crippen LogP contribution in [0.4, 0.5) is 34.1 Å². The summed E-state index contributed by atoms with van der Waals surface area (Å²) in [5.74, 6) is 3.00. The Morgan fingerprint density at radius 3 is 1.38 bits per heavy atom. The Balaban J connectivity index is 1.25. The van der Waals surface area contributed by atoms with E-state index >= 15 is 0 Å². The largest absolute Gasteiger partial charge is 0.454 e. The SMILES string of the molecule is Cc1cc2c3c(c1)N(c1cccc4c1OCO4)c1ccc(-c4ccccc4)cc1B3c1cc(-c3ccccc3)ccc1N2c1cccc2c1OCO2. The van der Waals surface area contributed by atoms with Crippen LogP contribution in [0.3, 0.4) is 0 Å². The van der Waals surface area contributed by atoms with Gasteiger partial charge >= 0.3 is 0 Å². The molecule has 248 valence electrons. The van der Waals surface area contributed by atoms with Crippen LogP contribution in [0.2, 0.25) is 0 Å². The molecule has 0 aromatic heterocycles. The highest BCUT2D eigenvalue weighted by Gasteiger charge is 2.45. The minimum absolute atomic E-state index is 0.0710. The lowest BCUT2D eigenvalue weighted by Crippen LogP contribution is -2.61. The summed E-state index contributed by atoms with van der Waals surface area (Å²) in [5.41, 5.74) is 15.8. The number of hydrogen-bond acceptors (Lipinski definition) is 6. The molecule has 4 aliphatic rings. The molecule has 0 spiro atoms. The van der Waals surface area contributed by atoms with Gasteiger partial charge in [-0.15, -0.1) is 0 Å². The molecule has 4 aliphatic heterocycles. The molecule has 0 amide bonds. The molecule has 0 unspecified atom stereocenters. The summed E-state index contributed by atoms with van der Waals surface area (Å²) in [5, 5.41) is 0. The lowest BCUT2D eigenvalue weighted by atomic mass is 9.33. The van der Waals surface area contributed by atoms with Gasteiger partial charge in [0.25, 0.3) is 6.71 Å². The highest BCUT2D eigenvalue weighted by molar-refractivity contribution is 7.00. The Hall–Kier alpha value is -6.60. The van der Waals surface area contributed by atoms with Crippen LogP contribution < -0.4 is 45.1 Å². The smallest absolute Gasteiger partial charge is 0.252 e. The zero-order valence-corrected chi connectivity index (χ0v) is 28.4. The average Bonchev–Trinajstić information content (AvgIpc) is 3.89. The number of aryl methyl sites for hydroxylation is 1. The molecule has 4 heterocycles. The zero-order valence-electron chi connectivity index (χ0n) is 28.4. The number of rotatable bonds is 4. The molecule has 52 heavy (non-hydrogen) atoms. The van der Waals surface area contributed by atoms with Crippen LogP contribution in [0.1, 0.15) is 5.56 Å². The number of nitrogens with zero attached hydrogens (tertiary/aromatic N) is 2. The molecule has 0 atom stereocenters. The van der Waals surface area contributed by atoms with Crippen molar-refractivity contribution in [2.75, 3.05) is 23.4 Å². The van der Waals surface area contributed by atoms with Crippen molar-refractivity contribution in [3.63, 3.8) is 0 Å². The second-order valence-corrected chi connectivity index (χ2v) is 13.6. The molecule has 0 radical (unpaired) electrons. The molecule has 0 saturated carbocycles. The Labute approximate surface area is 302 Å². The molecular weight excluding hydrogens is 643 g/mol. The first-order chi connectivity index (χ1) is 25.7. The number of fused-ring (bicyclic) bond motifs is 6. The fourth-order valence-electron chi connectivity index (χ4n) is 8.46. The molecule has 0 saturated heterocycles. The molecule has 11 rings (SSSR count). The van der Waals surface area contributed by atoms with Crippen molar-refractivity contribution < 1.29 is 18.9 Å². The molecule has 7 aromatic rings. The Bertz CT molecular complexity index is 2400. The number of para-hydroxylation sites is 2. The summed E-state index contributed by atoms with van der Waals surface area (Å²) in [6, 6.07) is 52.0. The third-order valence-corrected chi connectivity index (χ3v) is 10.7. The maximum Gasteiger partial charge on any atom is 0.252 e. The summed E-state index contributed by atoms with van der Waals surface area (Å²) >= 11 is 0. The highest BCUT2D eigenvalue weighted by atomic mass is 16.7. The van der Waals surface area contributed by atoms with Crippen molar-refractivity contribution in [1.29, 1.82) is 0 Å². The van der Waals surface area contributed by atoms with Gasteiger partial charge in [0.05, 0.1) is 11.4 Å². The second kappa shape index (κ2) is 11.2. The lowest BCUT2D eigenvalue weighted by Gasteiger charge is -2.44. The highest BCUT2D eigenvalue weighted by Crippen LogP contribution is 2.52. The van der Waals surface area contributed by atoms with E-state index in [1.807, 2.05) is 24.3 Å². The predicted molar refractivity (Wildman–Crippen MR) is 208 cm³/mol. The van der Waals surface area contributed by atoms with E-state index < -0.39 is 0 Å². The van der Waals surface area contributed by atoms with E-state index in [0.29, 0.717) is 0 Å². The minimum Gasteiger partial charge on any atom is -0.454 e. The summed E-state index contributed by atoms with van der Waals surface area (Å²) < 4.78 is 24.2. The predicted octanol–water partition coefficient (Wildman–Crippen LogP) is 8.87. The van der Waals surface area contributed by atoms with E-state index in [2.05, 4.69) is 138 Å². The summed E-state index contributed by atoms with van der Waals surface area (Å²) in [6.45, 7) is 2.49. The molecule has 7 heteroatoms. The monoisotopic (exact) mass is 674 g/mol. The Kier molecular flexibility index (Phi) is 6.28. The average molecular weight is 675 g/mol. The normalized spacial score (nSPS) is 14.2. The first-order valence-corrected chi connectivity index (χ1v) is 17.6. The van der Waals surface area contributed by atoms with Crippen molar-refractivity contribution >= 4 is 57.2 Å². The first-order valence-electron chi connectivity index (χ1n) is 17.6. The molecule has 0 aliphatic carbocycles. The van der Waals surface area contributed by atoms with Gasteiger partial charge in [-0.2, -0.15) is 0 Å². The topological polar surface area (TPSA) is 43.4 Å². The van der Waals surface area contributed by atoms with E-state index in [0.717, 1.165) is 62.7 Å². The molecule has 0 fully saturated rings. The number of hydrogen-bond donors (Lipinski definition) is 0. The molecular formula is C45H31BN2O4. The zero-order chi connectivity index (χ0) is 34.3. The number of benzene rings is 7. The van der Waals surface area contributed by atoms with Gasteiger partial charge in [-0.05, 0) is 99.7 Å². The maximum absolute atomic E-state index is 6.19. The second-order valence-electron chi connectivity index (χ2n) is 13.6. The molecule has 7 aromatic carbocycles. The van der Waals surface area contributed by atoms with Gasteiger partial charge in [0.2, 0.25) is 13.6 Å². The quantitative estimate of drug-likeness (QED) is 0.174. The van der Waals surface area contributed by atoms with Crippen molar-refractivity contribution in [3.8, 4) is 45.3 Å². The van der Waals surface area contributed by atoms with Crippen molar-refractivity contribution in [1.82, 2.24) is 0 Å². The van der Waals surface area contributed by atoms with Gasteiger partial charge in [-0.25, -0.2) is 0 Å². The fraction of sp³-hybridized carbons (Fsp3) is 0.0667. The molecule has 6 nitrogen and oxygen atoms in total. The Morgan fingerprint density at radius 2 is 0.904 bits per heavy atom. The van der Waals surface area contributed by atoms with Crippen molar-refractivity contribution in [3.05, 3.63) is 151 Å². The minimum atomic E-state index is -0.0710. The number of ether oxygens (including phenoxy) is 4. The van der Waals surface area contributed by atoms with E-state index in [4.69, 9.17) is 18.9 Å². The third kappa shape index (κ3) is 4.26. The van der Waals surface area contributed by atoms with Crippen LogP contribution in [0, 0.1) is 6.92 Å². The van der Waals surface area contributed by atoms with Crippen LogP contribution in [-0.2, 0) is 0 Å². The summed E-state index contributed by atoms with van der Waals surface area (Å²) in [6.07, 6.45) is 0. The van der Waals surface area contributed by atoms with E-state index in [1.165, 1.54) is 38.6 Å². The third-order valence-electron chi connectivity index (χ3n) is 10.7. The van der Waals surface area contributed by atoms with Crippen LogP contribution in [0.15, 0.2) is 146 Å². The van der Waals surface area contributed by atoms with E-state index in [9.17, 15) is 0 Å². The van der Waals surface area contributed by atoms with Gasteiger partial charge in [0, 0.05) is 22.7 Å². The molecule has 0 N–H and O–H groups in total. The molecule has 0 bridgehead atoms. The first kappa shape index (κ1) is 29.2. The van der Waals surface area contributed by atoms with Crippen LogP contribution in [0.25, 0.3) is 22.3 Å².